The molecule has 1 aromatic carbocycles. The number of benzene rings is 1. The zero-order valence-electron chi connectivity index (χ0n) is 35.1. The van der Waals surface area contributed by atoms with Crippen LogP contribution in [0, 0.1) is 17.8 Å². The summed E-state index contributed by atoms with van der Waals surface area (Å²) < 4.78 is 2.70. The summed E-state index contributed by atoms with van der Waals surface area (Å²) in [6, 6.07) is 7.69. The molecule has 0 saturated heterocycles. The molecule has 0 spiro atoms. The Kier molecular flexibility index (Phi) is 13.2. The van der Waals surface area contributed by atoms with E-state index in [-0.39, 0.29) is 16.9 Å². The van der Waals surface area contributed by atoms with Gasteiger partial charge in [-0.15, -0.1) is 0 Å². The van der Waals surface area contributed by atoms with Gasteiger partial charge in [-0.2, -0.15) is 11.3 Å². The predicted molar refractivity (Wildman–Crippen MR) is 237 cm³/mol. The summed E-state index contributed by atoms with van der Waals surface area (Å²) in [5, 5.41) is 5.22. The van der Waals surface area contributed by atoms with E-state index in [0.717, 1.165) is 43.3 Å². The van der Waals surface area contributed by atoms with Crippen LogP contribution < -0.4 is 10.1 Å². The zero-order valence-corrected chi connectivity index (χ0v) is 35.9. The summed E-state index contributed by atoms with van der Waals surface area (Å²) >= 11 is 1.94. The summed E-state index contributed by atoms with van der Waals surface area (Å²) in [6.07, 6.45) is 24.6. The molecule has 1 aromatic heterocycles. The van der Waals surface area contributed by atoms with Gasteiger partial charge in [-0.1, -0.05) is 123 Å². The first-order chi connectivity index (χ1) is 25.0. The van der Waals surface area contributed by atoms with Crippen molar-refractivity contribution in [3.05, 3.63) is 124 Å². The fraction of sp³-hybridized carbons (Fsp3) is 0.510. The number of rotatable bonds is 15. The molecule has 1 heterocycles. The van der Waals surface area contributed by atoms with Gasteiger partial charge in [-0.05, 0) is 144 Å². The lowest BCUT2D eigenvalue weighted by Gasteiger charge is -2.41. The Balaban J connectivity index is 1.59. The third-order valence-electron chi connectivity index (χ3n) is 12.4. The Hall–Kier alpha value is -3.24. The van der Waals surface area contributed by atoms with Crippen molar-refractivity contribution in [2.45, 2.75) is 138 Å². The summed E-state index contributed by atoms with van der Waals surface area (Å²) in [5.41, 5.74) is 12.0. The number of thiophene rings is 1. The fourth-order valence-corrected chi connectivity index (χ4v) is 9.13. The van der Waals surface area contributed by atoms with E-state index in [2.05, 4.69) is 168 Å². The molecule has 1 N–H and O–H groups in total. The molecule has 2 nitrogen and oxygen atoms in total. The van der Waals surface area contributed by atoms with Gasteiger partial charge in [-0.25, -0.2) is 0 Å². The van der Waals surface area contributed by atoms with Crippen LogP contribution in [0.1, 0.15) is 132 Å². The molecule has 3 aliphatic rings. The second-order valence-electron chi connectivity index (χ2n) is 17.9. The zero-order chi connectivity index (χ0) is 38.7. The molecule has 0 fully saturated rings. The first-order valence-corrected chi connectivity index (χ1v) is 21.3. The minimum atomic E-state index is 0.195. The van der Waals surface area contributed by atoms with Gasteiger partial charge in [0.1, 0.15) is 0 Å². The molecule has 0 saturated carbocycles. The maximum absolute atomic E-state index is 4.50. The van der Waals surface area contributed by atoms with Gasteiger partial charge >= 0.3 is 0 Å². The SMILES string of the molecule is C=C(C)C(=C)CN(C1=CC(NC2=CCC(C(C)C)C=C2)CC=C1)/C(C)=C([B]c1cc2cc3c(cc2s1)C(C)(C)CCC3(C)C)/C=C(\CCC)C(C)CC. The Bertz CT molecular complexity index is 1820. The van der Waals surface area contributed by atoms with Crippen molar-refractivity contribution in [3.8, 4) is 0 Å². The average molecular weight is 728 g/mol. The molecule has 3 aliphatic carbocycles. The molecule has 3 unspecified atom stereocenters. The van der Waals surface area contributed by atoms with Crippen molar-refractivity contribution in [1.82, 2.24) is 10.2 Å². The van der Waals surface area contributed by atoms with Gasteiger partial charge in [0.25, 0.3) is 0 Å². The topological polar surface area (TPSA) is 15.3 Å². The van der Waals surface area contributed by atoms with E-state index in [0.29, 0.717) is 24.3 Å². The van der Waals surface area contributed by atoms with Gasteiger partial charge in [-0.3, -0.25) is 0 Å². The lowest BCUT2D eigenvalue weighted by atomic mass is 9.63. The summed E-state index contributed by atoms with van der Waals surface area (Å²) in [7, 11) is 2.47. The van der Waals surface area contributed by atoms with E-state index in [1.807, 2.05) is 11.3 Å². The number of hydrogen-bond acceptors (Lipinski definition) is 3. The number of nitrogens with zero attached hydrogens (tertiary/aromatic N) is 1. The van der Waals surface area contributed by atoms with Crippen LogP contribution in [0.2, 0.25) is 0 Å². The van der Waals surface area contributed by atoms with Gasteiger partial charge in [0.2, 0.25) is 7.28 Å². The molecule has 0 aliphatic heterocycles. The summed E-state index contributed by atoms with van der Waals surface area (Å²) in [5.74, 6) is 1.81. The molecule has 1 radical (unpaired) electrons. The van der Waals surface area contributed by atoms with Crippen LogP contribution in [0.5, 0.6) is 0 Å². The van der Waals surface area contributed by atoms with E-state index in [4.69, 9.17) is 0 Å². The third-order valence-corrected chi connectivity index (χ3v) is 13.5. The number of hydrogen-bond donors (Lipinski definition) is 1. The first-order valence-electron chi connectivity index (χ1n) is 20.5. The highest BCUT2D eigenvalue weighted by atomic mass is 32.1. The summed E-state index contributed by atoms with van der Waals surface area (Å²) in [6.45, 7) is 35.2. The monoisotopic (exact) mass is 728 g/mol. The van der Waals surface area contributed by atoms with Crippen molar-refractivity contribution in [2.24, 2.45) is 17.8 Å². The van der Waals surface area contributed by atoms with Crippen molar-refractivity contribution in [3.63, 3.8) is 0 Å². The largest absolute Gasteiger partial charge is 0.379 e. The van der Waals surface area contributed by atoms with Crippen molar-refractivity contribution < 1.29 is 0 Å². The molecule has 2 aromatic rings. The highest BCUT2D eigenvalue weighted by molar-refractivity contribution is 7.27. The van der Waals surface area contributed by atoms with Crippen LogP contribution in [0.3, 0.4) is 0 Å². The predicted octanol–water partition coefficient (Wildman–Crippen LogP) is 12.9. The maximum Gasteiger partial charge on any atom is 0.207 e. The maximum atomic E-state index is 4.50. The van der Waals surface area contributed by atoms with E-state index >= 15 is 0 Å². The van der Waals surface area contributed by atoms with Crippen LogP contribution in [0.4, 0.5) is 0 Å². The smallest absolute Gasteiger partial charge is 0.207 e. The minimum Gasteiger partial charge on any atom is -0.379 e. The van der Waals surface area contributed by atoms with E-state index in [1.165, 1.54) is 67.0 Å². The molecular weight excluding hydrogens is 659 g/mol. The first kappa shape index (κ1) is 40.9. The standard InChI is InChI=1S/C49H68BN2S/c1-14-17-38(34(7)15-2)27-45(50-47-28-39-26-43-44(30-46(39)53-47)49(12,13)25-24-48(43,10)11)36(9)52(31-35(8)32(3)4)42-19-16-18-41(29-42)51-40-22-20-37(21-23-40)33(5)6/h16,19-20,22-23,26-30,33-34,37,41,51H,3,8,14-15,17-18,21,24-25,31H2,1-2,4-7,9-13H3/b38-27+,45-36-. The van der Waals surface area contributed by atoms with Gasteiger partial charge in [0.05, 0.1) is 6.04 Å². The lowest BCUT2D eigenvalue weighted by Crippen LogP contribution is -2.33. The highest BCUT2D eigenvalue weighted by Crippen LogP contribution is 2.47. The molecule has 0 amide bonds. The molecule has 3 atom stereocenters. The van der Waals surface area contributed by atoms with Crippen LogP contribution in [-0.4, -0.2) is 24.8 Å². The second kappa shape index (κ2) is 17.1. The number of nitrogens with one attached hydrogen (secondary N) is 1. The Morgan fingerprint density at radius 2 is 1.70 bits per heavy atom. The van der Waals surface area contributed by atoms with Crippen molar-refractivity contribution in [1.29, 1.82) is 0 Å². The lowest BCUT2D eigenvalue weighted by molar-refractivity contribution is 0.332. The van der Waals surface area contributed by atoms with E-state index < -0.39 is 0 Å². The van der Waals surface area contributed by atoms with Crippen LogP contribution in [0.25, 0.3) is 10.1 Å². The Labute approximate surface area is 328 Å². The van der Waals surface area contributed by atoms with Crippen LogP contribution in [-0.2, 0) is 10.8 Å². The van der Waals surface area contributed by atoms with E-state index in [1.54, 1.807) is 0 Å². The molecule has 0 bridgehead atoms. The van der Waals surface area contributed by atoms with Gasteiger partial charge in [0, 0.05) is 28.3 Å². The fourth-order valence-electron chi connectivity index (χ4n) is 8.09. The van der Waals surface area contributed by atoms with Gasteiger partial charge in [0.15, 0.2) is 0 Å². The van der Waals surface area contributed by atoms with Crippen LogP contribution >= 0.6 is 11.3 Å². The molecule has 283 valence electrons. The van der Waals surface area contributed by atoms with Crippen molar-refractivity contribution >= 4 is 33.5 Å². The second-order valence-corrected chi connectivity index (χ2v) is 19.0. The molecule has 5 rings (SSSR count). The van der Waals surface area contributed by atoms with Gasteiger partial charge < -0.3 is 10.2 Å². The summed E-state index contributed by atoms with van der Waals surface area (Å²) in [4.78, 5) is 2.49. The minimum absolute atomic E-state index is 0.195. The molecule has 4 heteroatoms. The third kappa shape index (κ3) is 9.72. The average Bonchev–Trinajstić information content (AvgIpc) is 3.52. The normalized spacial score (nSPS) is 21.8. The highest BCUT2D eigenvalue weighted by Gasteiger charge is 2.37. The van der Waals surface area contributed by atoms with E-state index in [9.17, 15) is 0 Å². The van der Waals surface area contributed by atoms with Crippen molar-refractivity contribution in [2.75, 3.05) is 6.54 Å². The Morgan fingerprint density at radius 3 is 2.30 bits per heavy atom. The quantitative estimate of drug-likeness (QED) is 0.145. The van der Waals surface area contributed by atoms with Crippen LogP contribution in [0.15, 0.2) is 113 Å². The molecular formula is C49H68BN2S. The number of allylic oxidation sites excluding steroid dienone is 8. The number of fused-ring (bicyclic) bond motifs is 2. The molecule has 53 heavy (non-hydrogen) atoms. The Morgan fingerprint density at radius 1 is 1.00 bits per heavy atom.